The highest BCUT2D eigenvalue weighted by atomic mass is 127. The lowest BCUT2D eigenvalue weighted by molar-refractivity contribution is -0.145. The summed E-state index contributed by atoms with van der Waals surface area (Å²) in [5, 5.41) is 5.11. The first-order valence-electron chi connectivity index (χ1n) is 11.8. The normalized spacial score (nSPS) is 14.3. The average molecular weight is 668 g/mol. The van der Waals surface area contributed by atoms with Crippen molar-refractivity contribution in [3.05, 3.63) is 60.1 Å². The molecule has 1 aromatic heterocycles. The Morgan fingerprint density at radius 3 is 2.75 bits per heavy atom. The van der Waals surface area contributed by atoms with Gasteiger partial charge in [0.15, 0.2) is 18.1 Å². The van der Waals surface area contributed by atoms with E-state index in [4.69, 9.17) is 19.2 Å². The molecular formula is C26H27BrIN3O5. The van der Waals surface area contributed by atoms with Gasteiger partial charge in [0.1, 0.15) is 5.82 Å². The quantitative estimate of drug-likeness (QED) is 0.175. The van der Waals surface area contributed by atoms with Gasteiger partial charge < -0.3 is 14.2 Å². The smallest absolute Gasteiger partial charge is 0.344 e. The number of hydrogen-bond acceptors (Lipinski definition) is 7. The van der Waals surface area contributed by atoms with Crippen LogP contribution in [0.15, 0.2) is 44.7 Å². The molecule has 0 spiro atoms. The van der Waals surface area contributed by atoms with Gasteiger partial charge in [0.25, 0.3) is 5.56 Å². The van der Waals surface area contributed by atoms with Crippen molar-refractivity contribution < 1.29 is 19.0 Å². The van der Waals surface area contributed by atoms with E-state index in [9.17, 15) is 9.59 Å². The summed E-state index contributed by atoms with van der Waals surface area (Å²) in [6, 6.07) is 9.14. The molecule has 8 nitrogen and oxygen atoms in total. The number of carbonyl (C=O) groups is 1. The Bertz CT molecular complexity index is 1350. The van der Waals surface area contributed by atoms with Gasteiger partial charge in [-0.3, -0.25) is 4.79 Å². The molecule has 0 bridgehead atoms. The van der Waals surface area contributed by atoms with E-state index in [0.29, 0.717) is 28.2 Å². The third-order valence-corrected chi connectivity index (χ3v) is 7.31. The van der Waals surface area contributed by atoms with Crippen LogP contribution in [0.3, 0.4) is 0 Å². The molecule has 1 heterocycles. The van der Waals surface area contributed by atoms with Crippen molar-refractivity contribution in [2.24, 2.45) is 5.10 Å². The Kier molecular flexibility index (Phi) is 9.00. The number of carbonyl (C=O) groups excluding carboxylic acids is 1. The van der Waals surface area contributed by atoms with Crippen molar-refractivity contribution in [3.63, 3.8) is 0 Å². The monoisotopic (exact) mass is 667 g/mol. The summed E-state index contributed by atoms with van der Waals surface area (Å²) < 4.78 is 19.1. The van der Waals surface area contributed by atoms with Crippen LogP contribution in [0.5, 0.6) is 11.5 Å². The minimum absolute atomic E-state index is 0.185. The summed E-state index contributed by atoms with van der Waals surface area (Å²) in [4.78, 5) is 30.1. The molecule has 2 aromatic carbocycles. The van der Waals surface area contributed by atoms with Crippen molar-refractivity contribution in [3.8, 4) is 11.5 Å². The van der Waals surface area contributed by atoms with E-state index in [1.165, 1.54) is 18.2 Å². The van der Waals surface area contributed by atoms with Crippen LogP contribution in [0.1, 0.15) is 56.3 Å². The SMILES string of the molecule is CCOC(=O)COc1c(I)cc(C=Nn2c(C3CCCCC3)nc3ccc(Br)cc3c2=O)cc1OC. The molecule has 1 saturated carbocycles. The summed E-state index contributed by atoms with van der Waals surface area (Å²) in [6.45, 7) is 1.81. The highest BCUT2D eigenvalue weighted by molar-refractivity contribution is 14.1. The molecule has 190 valence electrons. The van der Waals surface area contributed by atoms with E-state index in [1.807, 2.05) is 18.2 Å². The lowest BCUT2D eigenvalue weighted by atomic mass is 9.88. The number of ether oxygens (including phenoxy) is 3. The molecule has 0 N–H and O–H groups in total. The standard InChI is InChI=1S/C26H27BrIN3O5/c1-3-35-23(32)15-36-24-20(28)11-16(12-22(24)34-2)14-29-31-25(17-7-5-4-6-8-17)30-21-10-9-18(27)13-19(21)26(31)33/h9-14,17H,3-8,15H2,1-2H3. The summed E-state index contributed by atoms with van der Waals surface area (Å²) in [5.41, 5.74) is 1.19. The Morgan fingerprint density at radius 1 is 1.25 bits per heavy atom. The van der Waals surface area contributed by atoms with Gasteiger partial charge in [0.2, 0.25) is 0 Å². The average Bonchev–Trinajstić information content (AvgIpc) is 2.88. The Labute approximate surface area is 231 Å². The van der Waals surface area contributed by atoms with Crippen molar-refractivity contribution in [2.45, 2.75) is 44.9 Å². The number of rotatable bonds is 8. The largest absolute Gasteiger partial charge is 0.493 e. The van der Waals surface area contributed by atoms with E-state index in [-0.39, 0.29) is 24.7 Å². The maximum atomic E-state index is 13.5. The number of halogens is 2. The second kappa shape index (κ2) is 12.2. The fourth-order valence-corrected chi connectivity index (χ4v) is 5.46. The van der Waals surface area contributed by atoms with Crippen LogP contribution in [0.2, 0.25) is 0 Å². The molecule has 1 aliphatic carbocycles. The van der Waals surface area contributed by atoms with Gasteiger partial charge >= 0.3 is 5.97 Å². The van der Waals surface area contributed by atoms with E-state index < -0.39 is 5.97 Å². The van der Waals surface area contributed by atoms with Gasteiger partial charge in [-0.15, -0.1) is 0 Å². The second-order valence-electron chi connectivity index (χ2n) is 8.46. The number of fused-ring (bicyclic) bond motifs is 1. The lowest BCUT2D eigenvalue weighted by Gasteiger charge is -2.22. The number of aromatic nitrogens is 2. The predicted molar refractivity (Wildman–Crippen MR) is 150 cm³/mol. The highest BCUT2D eigenvalue weighted by Gasteiger charge is 2.22. The van der Waals surface area contributed by atoms with Gasteiger partial charge in [-0.05, 0) is 78.3 Å². The zero-order valence-electron chi connectivity index (χ0n) is 20.1. The van der Waals surface area contributed by atoms with Gasteiger partial charge in [0.05, 0.1) is 34.4 Å². The van der Waals surface area contributed by atoms with Gasteiger partial charge in [-0.25, -0.2) is 9.78 Å². The Morgan fingerprint density at radius 2 is 2.03 bits per heavy atom. The van der Waals surface area contributed by atoms with E-state index in [2.05, 4.69) is 43.6 Å². The summed E-state index contributed by atoms with van der Waals surface area (Å²) in [7, 11) is 1.53. The molecule has 0 aliphatic heterocycles. The highest BCUT2D eigenvalue weighted by Crippen LogP contribution is 2.34. The molecule has 36 heavy (non-hydrogen) atoms. The molecular weight excluding hydrogens is 641 g/mol. The molecule has 0 unspecified atom stereocenters. The number of benzene rings is 2. The number of hydrogen-bond donors (Lipinski definition) is 0. The molecule has 0 atom stereocenters. The van der Waals surface area contributed by atoms with Crippen LogP contribution >= 0.6 is 38.5 Å². The maximum absolute atomic E-state index is 13.5. The van der Waals surface area contributed by atoms with Gasteiger partial charge in [-0.1, -0.05) is 35.2 Å². The molecule has 4 rings (SSSR count). The number of nitrogens with zero attached hydrogens (tertiary/aromatic N) is 3. The third kappa shape index (κ3) is 6.08. The lowest BCUT2D eigenvalue weighted by Crippen LogP contribution is -2.25. The summed E-state index contributed by atoms with van der Waals surface area (Å²) >= 11 is 5.57. The maximum Gasteiger partial charge on any atom is 0.344 e. The minimum Gasteiger partial charge on any atom is -0.493 e. The van der Waals surface area contributed by atoms with Gasteiger partial charge in [-0.2, -0.15) is 9.78 Å². The molecule has 0 radical (unpaired) electrons. The summed E-state index contributed by atoms with van der Waals surface area (Å²) in [6.07, 6.45) is 7.04. The van der Waals surface area contributed by atoms with Crippen LogP contribution in [0, 0.1) is 3.57 Å². The van der Waals surface area contributed by atoms with E-state index in [0.717, 1.165) is 39.3 Å². The van der Waals surface area contributed by atoms with Crippen LogP contribution in [0.25, 0.3) is 10.9 Å². The zero-order chi connectivity index (χ0) is 25.7. The van der Waals surface area contributed by atoms with Crippen LogP contribution in [-0.4, -0.2) is 42.2 Å². The van der Waals surface area contributed by atoms with Gasteiger partial charge in [0, 0.05) is 10.4 Å². The fourth-order valence-electron chi connectivity index (χ4n) is 4.32. The molecule has 10 heteroatoms. The van der Waals surface area contributed by atoms with Crippen LogP contribution < -0.4 is 15.0 Å². The zero-order valence-corrected chi connectivity index (χ0v) is 23.9. The van der Waals surface area contributed by atoms with Crippen molar-refractivity contribution in [1.29, 1.82) is 0 Å². The van der Waals surface area contributed by atoms with Crippen LogP contribution in [-0.2, 0) is 9.53 Å². The number of methoxy groups -OCH3 is 1. The first-order chi connectivity index (χ1) is 17.4. The Balaban J connectivity index is 1.72. The Hall–Kier alpha value is -2.47. The second-order valence-corrected chi connectivity index (χ2v) is 10.5. The van der Waals surface area contributed by atoms with Crippen molar-refractivity contribution >= 4 is 61.6 Å². The van der Waals surface area contributed by atoms with Crippen molar-refractivity contribution in [2.75, 3.05) is 20.3 Å². The molecule has 1 fully saturated rings. The first-order valence-corrected chi connectivity index (χ1v) is 13.7. The van der Waals surface area contributed by atoms with E-state index in [1.54, 1.807) is 25.3 Å². The molecule has 0 saturated heterocycles. The number of esters is 1. The fraction of sp³-hybridized carbons (Fsp3) is 0.385. The predicted octanol–water partition coefficient (Wildman–Crippen LogP) is 5.64. The first kappa shape index (κ1) is 26.6. The molecule has 1 aliphatic rings. The molecule has 3 aromatic rings. The van der Waals surface area contributed by atoms with Crippen molar-refractivity contribution in [1.82, 2.24) is 9.66 Å². The van der Waals surface area contributed by atoms with E-state index >= 15 is 0 Å². The van der Waals surface area contributed by atoms with Crippen LogP contribution in [0.4, 0.5) is 0 Å². The minimum atomic E-state index is -0.453. The molecule has 0 amide bonds. The summed E-state index contributed by atoms with van der Waals surface area (Å²) in [5.74, 6) is 1.33. The third-order valence-electron chi connectivity index (χ3n) is 6.02. The topological polar surface area (TPSA) is 92.0 Å².